The number of amides is 1. The number of hydrogen-bond donors (Lipinski definition) is 1. The average molecular weight is 344 g/mol. The maximum Gasteiger partial charge on any atom is 0.344 e. The molecule has 0 bridgehead atoms. The first-order chi connectivity index (χ1) is 11.9. The van der Waals surface area contributed by atoms with E-state index in [9.17, 15) is 14.9 Å². The van der Waals surface area contributed by atoms with Crippen LogP contribution in [-0.2, 0) is 14.3 Å². The summed E-state index contributed by atoms with van der Waals surface area (Å²) in [4.78, 5) is 23.7. The number of nitrogens with zero attached hydrogens (tertiary/aromatic N) is 1. The third-order valence-electron chi connectivity index (χ3n) is 4.34. The fraction of sp³-hybridized carbons (Fsp3) is 0.526. The lowest BCUT2D eigenvalue weighted by Crippen LogP contribution is -2.50. The molecule has 1 saturated carbocycles. The predicted molar refractivity (Wildman–Crippen MR) is 91.9 cm³/mol. The van der Waals surface area contributed by atoms with Crippen LogP contribution in [0.4, 0.5) is 0 Å². The zero-order valence-electron chi connectivity index (χ0n) is 14.8. The highest BCUT2D eigenvalue weighted by Gasteiger charge is 2.33. The Labute approximate surface area is 148 Å². The summed E-state index contributed by atoms with van der Waals surface area (Å²) in [6.45, 7) is 3.20. The van der Waals surface area contributed by atoms with Crippen molar-refractivity contribution in [1.29, 1.82) is 5.26 Å². The van der Waals surface area contributed by atoms with Gasteiger partial charge in [0.2, 0.25) is 0 Å². The van der Waals surface area contributed by atoms with E-state index in [1.807, 2.05) is 26.0 Å². The number of nitrogens with one attached hydrogen (secondary N) is 1. The number of rotatable bonds is 6. The highest BCUT2D eigenvalue weighted by atomic mass is 16.6. The number of carbonyl (C=O) groups is 2. The van der Waals surface area contributed by atoms with Crippen LogP contribution in [0.1, 0.15) is 43.2 Å². The maximum atomic E-state index is 12.0. The molecule has 0 saturated heterocycles. The molecule has 0 aliphatic heterocycles. The van der Waals surface area contributed by atoms with E-state index in [1.54, 1.807) is 6.07 Å². The Morgan fingerprint density at radius 3 is 2.56 bits per heavy atom. The van der Waals surface area contributed by atoms with Crippen molar-refractivity contribution in [2.75, 3.05) is 13.2 Å². The number of hydrogen-bond acceptors (Lipinski definition) is 5. The molecule has 1 aromatic carbocycles. The topological polar surface area (TPSA) is 88.4 Å². The summed E-state index contributed by atoms with van der Waals surface area (Å²) in [6, 6.07) is 7.85. The van der Waals surface area contributed by atoms with Gasteiger partial charge in [0.1, 0.15) is 11.3 Å². The van der Waals surface area contributed by atoms with Crippen molar-refractivity contribution in [1.82, 2.24) is 5.32 Å². The van der Waals surface area contributed by atoms with E-state index in [1.165, 1.54) is 0 Å². The van der Waals surface area contributed by atoms with Gasteiger partial charge in [0.15, 0.2) is 13.2 Å². The summed E-state index contributed by atoms with van der Waals surface area (Å²) in [7, 11) is 0. The van der Waals surface area contributed by atoms with Gasteiger partial charge in [-0.05, 0) is 38.3 Å². The van der Waals surface area contributed by atoms with Crippen LogP contribution in [0.15, 0.2) is 18.2 Å². The minimum absolute atomic E-state index is 0.263. The molecule has 0 heterocycles. The number of carbonyl (C=O) groups excluding carboxylic acids is 2. The Morgan fingerprint density at radius 2 is 1.92 bits per heavy atom. The standard InChI is InChI=1S/C19H24N2O4/c1-14-6-7-16(15(2)10-14)24-12-18(23)25-11-17(22)21-19(13-20)8-4-3-5-9-19/h6-7,10H,3-5,8-9,11-12H2,1-2H3,(H,21,22). The van der Waals surface area contributed by atoms with E-state index in [2.05, 4.69) is 11.4 Å². The Bertz CT molecular complexity index is 672. The molecule has 1 amide bonds. The number of esters is 1. The molecule has 0 spiro atoms. The van der Waals surface area contributed by atoms with E-state index in [0.717, 1.165) is 30.4 Å². The maximum absolute atomic E-state index is 12.0. The molecule has 0 unspecified atom stereocenters. The smallest absolute Gasteiger partial charge is 0.344 e. The number of ether oxygens (including phenoxy) is 2. The van der Waals surface area contributed by atoms with Gasteiger partial charge in [-0.2, -0.15) is 5.26 Å². The van der Waals surface area contributed by atoms with Crippen LogP contribution in [0.3, 0.4) is 0 Å². The third-order valence-corrected chi connectivity index (χ3v) is 4.34. The van der Waals surface area contributed by atoms with Crippen LogP contribution in [0.5, 0.6) is 5.75 Å². The molecule has 1 aromatic rings. The van der Waals surface area contributed by atoms with Crippen LogP contribution in [-0.4, -0.2) is 30.6 Å². The zero-order chi connectivity index (χ0) is 18.3. The van der Waals surface area contributed by atoms with Crippen molar-refractivity contribution < 1.29 is 19.1 Å². The summed E-state index contributed by atoms with van der Waals surface area (Å²) in [5, 5.41) is 12.0. The molecule has 1 N–H and O–H groups in total. The second kappa shape index (κ2) is 8.52. The first-order valence-corrected chi connectivity index (χ1v) is 8.52. The highest BCUT2D eigenvalue weighted by molar-refractivity contribution is 5.81. The summed E-state index contributed by atoms with van der Waals surface area (Å²) in [5.74, 6) is -0.467. The minimum Gasteiger partial charge on any atom is -0.482 e. The minimum atomic E-state index is -0.822. The van der Waals surface area contributed by atoms with Gasteiger partial charge >= 0.3 is 5.97 Å². The first kappa shape index (κ1) is 18.8. The molecule has 134 valence electrons. The molecule has 6 heteroatoms. The molecule has 1 aliphatic rings. The van der Waals surface area contributed by atoms with Crippen molar-refractivity contribution in [2.24, 2.45) is 0 Å². The molecule has 25 heavy (non-hydrogen) atoms. The summed E-state index contributed by atoms with van der Waals surface area (Å²) < 4.78 is 10.4. The molecule has 1 aliphatic carbocycles. The van der Waals surface area contributed by atoms with E-state index < -0.39 is 24.0 Å². The number of benzene rings is 1. The van der Waals surface area contributed by atoms with Crippen molar-refractivity contribution >= 4 is 11.9 Å². The van der Waals surface area contributed by atoms with Crippen molar-refractivity contribution in [3.63, 3.8) is 0 Å². The molecule has 2 rings (SSSR count). The van der Waals surface area contributed by atoms with Crippen LogP contribution >= 0.6 is 0 Å². The van der Waals surface area contributed by atoms with Gasteiger partial charge in [0.25, 0.3) is 5.91 Å². The normalized spacial score (nSPS) is 15.7. The van der Waals surface area contributed by atoms with Gasteiger partial charge in [0.05, 0.1) is 6.07 Å². The summed E-state index contributed by atoms with van der Waals surface area (Å²) >= 11 is 0. The fourth-order valence-corrected chi connectivity index (χ4v) is 3.01. The number of aryl methyl sites for hydroxylation is 2. The molecule has 0 atom stereocenters. The van der Waals surface area contributed by atoms with Crippen LogP contribution in [0, 0.1) is 25.2 Å². The summed E-state index contributed by atoms with van der Waals surface area (Å²) in [5.41, 5.74) is 1.22. The Balaban J connectivity index is 1.75. The van der Waals surface area contributed by atoms with Crippen molar-refractivity contribution in [3.8, 4) is 11.8 Å². The van der Waals surface area contributed by atoms with E-state index >= 15 is 0 Å². The van der Waals surface area contributed by atoms with Crippen molar-refractivity contribution in [3.05, 3.63) is 29.3 Å². The Kier molecular flexibility index (Phi) is 6.40. The van der Waals surface area contributed by atoms with E-state index in [-0.39, 0.29) is 6.61 Å². The lowest BCUT2D eigenvalue weighted by atomic mass is 9.83. The average Bonchev–Trinajstić information content (AvgIpc) is 2.60. The lowest BCUT2D eigenvalue weighted by molar-refractivity contribution is -0.150. The molecule has 0 aromatic heterocycles. The SMILES string of the molecule is Cc1ccc(OCC(=O)OCC(=O)NC2(C#N)CCCCC2)c(C)c1. The molecule has 0 radical (unpaired) electrons. The molecule has 6 nitrogen and oxygen atoms in total. The van der Waals surface area contributed by atoms with Crippen LogP contribution < -0.4 is 10.1 Å². The fourth-order valence-electron chi connectivity index (χ4n) is 3.01. The second-order valence-electron chi connectivity index (χ2n) is 6.52. The van der Waals surface area contributed by atoms with Gasteiger partial charge in [-0.3, -0.25) is 4.79 Å². The highest BCUT2D eigenvalue weighted by Crippen LogP contribution is 2.27. The van der Waals surface area contributed by atoms with Crippen LogP contribution in [0.25, 0.3) is 0 Å². The molecular weight excluding hydrogens is 320 g/mol. The van der Waals surface area contributed by atoms with E-state index in [4.69, 9.17) is 9.47 Å². The van der Waals surface area contributed by atoms with E-state index in [0.29, 0.717) is 18.6 Å². The monoisotopic (exact) mass is 344 g/mol. The largest absolute Gasteiger partial charge is 0.482 e. The van der Waals surface area contributed by atoms with Gasteiger partial charge in [0, 0.05) is 0 Å². The zero-order valence-corrected chi connectivity index (χ0v) is 14.8. The predicted octanol–water partition coefficient (Wildman–Crippen LogP) is 2.57. The second-order valence-corrected chi connectivity index (χ2v) is 6.52. The van der Waals surface area contributed by atoms with Gasteiger partial charge < -0.3 is 14.8 Å². The van der Waals surface area contributed by atoms with Gasteiger partial charge in [-0.15, -0.1) is 0 Å². The Morgan fingerprint density at radius 1 is 1.20 bits per heavy atom. The van der Waals surface area contributed by atoms with Gasteiger partial charge in [-0.25, -0.2) is 4.79 Å². The summed E-state index contributed by atoms with van der Waals surface area (Å²) in [6.07, 6.45) is 4.18. The van der Waals surface area contributed by atoms with Crippen LogP contribution in [0.2, 0.25) is 0 Å². The quantitative estimate of drug-likeness (QED) is 0.801. The Hall–Kier alpha value is -2.55. The van der Waals surface area contributed by atoms with Crippen molar-refractivity contribution in [2.45, 2.75) is 51.5 Å². The molecular formula is C19H24N2O4. The lowest BCUT2D eigenvalue weighted by Gasteiger charge is -2.31. The van der Waals surface area contributed by atoms with Gasteiger partial charge in [-0.1, -0.05) is 37.0 Å². The third kappa shape index (κ3) is 5.49. The molecule has 1 fully saturated rings. The first-order valence-electron chi connectivity index (χ1n) is 8.52. The number of nitriles is 1.